The summed E-state index contributed by atoms with van der Waals surface area (Å²) in [5, 5.41) is 2.79. The molecule has 0 spiro atoms. The van der Waals surface area contributed by atoms with Gasteiger partial charge in [-0.25, -0.2) is 8.42 Å². The minimum absolute atomic E-state index is 0.0299. The van der Waals surface area contributed by atoms with E-state index in [0.29, 0.717) is 24.7 Å². The number of carbonyl (C=O) groups is 1. The third-order valence-electron chi connectivity index (χ3n) is 5.36. The number of sulfonamides is 1. The molecule has 1 N–H and O–H groups in total. The lowest BCUT2D eigenvalue weighted by Crippen LogP contribution is -2.40. The molecular weight excluding hydrogens is 456 g/mol. The molecule has 0 bridgehead atoms. The van der Waals surface area contributed by atoms with Crippen LogP contribution in [0.1, 0.15) is 15.9 Å². The molecule has 3 aromatic carbocycles. The first-order chi connectivity index (χ1) is 16.4. The highest BCUT2D eigenvalue weighted by molar-refractivity contribution is 7.89. The Balaban J connectivity index is 1.51. The number of carbonyl (C=O) groups excluding carboxylic acids is 1. The van der Waals surface area contributed by atoms with Gasteiger partial charge in [-0.2, -0.15) is 4.31 Å². The average Bonchev–Trinajstić information content (AvgIpc) is 2.85. The summed E-state index contributed by atoms with van der Waals surface area (Å²) in [6.07, 6.45) is 0. The Hall–Kier alpha value is -3.40. The first kappa shape index (κ1) is 23.7. The van der Waals surface area contributed by atoms with Crippen molar-refractivity contribution in [3.63, 3.8) is 0 Å². The van der Waals surface area contributed by atoms with Gasteiger partial charge in [-0.1, -0.05) is 12.1 Å². The number of nitrogens with zero attached hydrogens (tertiary/aromatic N) is 1. The van der Waals surface area contributed by atoms with Gasteiger partial charge in [0.2, 0.25) is 10.0 Å². The molecule has 34 heavy (non-hydrogen) atoms. The highest BCUT2D eigenvalue weighted by Crippen LogP contribution is 2.27. The monoisotopic (exact) mass is 482 g/mol. The molecule has 1 saturated heterocycles. The number of amides is 1. The molecule has 3 aromatic rings. The lowest BCUT2D eigenvalue weighted by atomic mass is 10.2. The summed E-state index contributed by atoms with van der Waals surface area (Å²) in [6.45, 7) is 3.21. The fourth-order valence-corrected chi connectivity index (χ4v) is 5.02. The van der Waals surface area contributed by atoms with Gasteiger partial charge in [0, 0.05) is 18.8 Å². The van der Waals surface area contributed by atoms with Crippen molar-refractivity contribution in [3.05, 3.63) is 77.9 Å². The zero-order valence-corrected chi connectivity index (χ0v) is 19.8. The van der Waals surface area contributed by atoms with Crippen LogP contribution in [-0.2, 0) is 14.8 Å². The summed E-state index contributed by atoms with van der Waals surface area (Å²) in [5.41, 5.74) is 1.75. The van der Waals surface area contributed by atoms with Gasteiger partial charge in [0.15, 0.2) is 0 Å². The van der Waals surface area contributed by atoms with Gasteiger partial charge >= 0.3 is 0 Å². The SMILES string of the molecule is COc1ccc(S(=O)(=O)N2CCOCC2)cc1C(=O)Nc1ccc(Oc2cccc(C)c2)cc1. The van der Waals surface area contributed by atoms with E-state index in [0.717, 1.165) is 11.3 Å². The van der Waals surface area contributed by atoms with E-state index in [4.69, 9.17) is 14.2 Å². The summed E-state index contributed by atoms with van der Waals surface area (Å²) in [6, 6.07) is 18.9. The summed E-state index contributed by atoms with van der Waals surface area (Å²) >= 11 is 0. The molecule has 1 heterocycles. The standard InChI is InChI=1S/C25H26N2O6S/c1-18-4-3-5-21(16-18)33-20-8-6-19(7-9-20)26-25(28)23-17-22(10-11-24(23)31-2)34(29,30)27-12-14-32-15-13-27/h3-11,16-17H,12-15H2,1-2H3,(H,26,28). The predicted molar refractivity (Wildman–Crippen MR) is 128 cm³/mol. The zero-order chi connectivity index (χ0) is 24.1. The number of methoxy groups -OCH3 is 1. The molecule has 4 rings (SSSR count). The van der Waals surface area contributed by atoms with Crippen molar-refractivity contribution in [1.29, 1.82) is 0 Å². The molecule has 0 atom stereocenters. The molecule has 0 unspecified atom stereocenters. The summed E-state index contributed by atoms with van der Waals surface area (Å²) in [5.74, 6) is 1.14. The Labute approximate surface area is 199 Å². The quantitative estimate of drug-likeness (QED) is 0.546. The molecule has 0 aliphatic carbocycles. The fraction of sp³-hybridized carbons (Fsp3) is 0.240. The van der Waals surface area contributed by atoms with Crippen molar-refractivity contribution < 1.29 is 27.4 Å². The van der Waals surface area contributed by atoms with E-state index < -0.39 is 15.9 Å². The highest BCUT2D eigenvalue weighted by Gasteiger charge is 2.28. The van der Waals surface area contributed by atoms with Crippen LogP contribution in [0.4, 0.5) is 5.69 Å². The van der Waals surface area contributed by atoms with Crippen molar-refractivity contribution in [3.8, 4) is 17.2 Å². The van der Waals surface area contributed by atoms with Crippen LogP contribution in [0.25, 0.3) is 0 Å². The summed E-state index contributed by atoms with van der Waals surface area (Å²) < 4.78 is 43.8. The molecule has 0 radical (unpaired) electrons. The number of aryl methyl sites for hydroxylation is 1. The average molecular weight is 483 g/mol. The lowest BCUT2D eigenvalue weighted by Gasteiger charge is -2.26. The van der Waals surface area contributed by atoms with Crippen molar-refractivity contribution in [1.82, 2.24) is 4.31 Å². The molecular formula is C25H26N2O6S. The molecule has 0 aromatic heterocycles. The van der Waals surface area contributed by atoms with Gasteiger partial charge in [-0.3, -0.25) is 4.79 Å². The second-order valence-electron chi connectivity index (χ2n) is 7.78. The van der Waals surface area contributed by atoms with Crippen molar-refractivity contribution in [2.24, 2.45) is 0 Å². The number of anilines is 1. The number of morpholine rings is 1. The first-order valence-electron chi connectivity index (χ1n) is 10.8. The Morgan fingerprint density at radius 1 is 0.971 bits per heavy atom. The number of benzene rings is 3. The molecule has 178 valence electrons. The van der Waals surface area contributed by atoms with E-state index in [1.54, 1.807) is 24.3 Å². The van der Waals surface area contributed by atoms with Gasteiger partial charge < -0.3 is 19.5 Å². The van der Waals surface area contributed by atoms with E-state index in [-0.39, 0.29) is 29.3 Å². The third-order valence-corrected chi connectivity index (χ3v) is 7.26. The van der Waals surface area contributed by atoms with Crippen molar-refractivity contribution in [2.75, 3.05) is 38.7 Å². The van der Waals surface area contributed by atoms with Crippen molar-refractivity contribution in [2.45, 2.75) is 11.8 Å². The lowest BCUT2D eigenvalue weighted by molar-refractivity contribution is 0.0730. The molecule has 1 fully saturated rings. The molecule has 1 aliphatic rings. The minimum atomic E-state index is -3.75. The van der Waals surface area contributed by atoms with Crippen LogP contribution in [0.3, 0.4) is 0 Å². The van der Waals surface area contributed by atoms with Crippen LogP contribution in [-0.4, -0.2) is 52.0 Å². The van der Waals surface area contributed by atoms with Crippen LogP contribution in [0.15, 0.2) is 71.6 Å². The predicted octanol–water partition coefficient (Wildman–Crippen LogP) is 4.07. The smallest absolute Gasteiger partial charge is 0.259 e. The van der Waals surface area contributed by atoms with E-state index in [1.807, 2.05) is 31.2 Å². The summed E-state index contributed by atoms with van der Waals surface area (Å²) in [7, 11) is -2.32. The first-order valence-corrected chi connectivity index (χ1v) is 12.2. The van der Waals surface area contributed by atoms with Gasteiger partial charge in [0.25, 0.3) is 5.91 Å². The molecule has 1 amide bonds. The van der Waals surface area contributed by atoms with Gasteiger partial charge in [-0.15, -0.1) is 0 Å². The number of ether oxygens (including phenoxy) is 3. The fourth-order valence-electron chi connectivity index (χ4n) is 3.58. The summed E-state index contributed by atoms with van der Waals surface area (Å²) in [4.78, 5) is 13.0. The van der Waals surface area contributed by atoms with E-state index in [9.17, 15) is 13.2 Å². The maximum atomic E-state index is 13.0. The number of hydrogen-bond donors (Lipinski definition) is 1. The van der Waals surface area contributed by atoms with Gasteiger partial charge in [0.1, 0.15) is 17.2 Å². The van der Waals surface area contributed by atoms with Crippen LogP contribution in [0, 0.1) is 6.92 Å². The Bertz CT molecular complexity index is 1270. The van der Waals surface area contributed by atoms with E-state index in [2.05, 4.69) is 5.32 Å². The largest absolute Gasteiger partial charge is 0.496 e. The third kappa shape index (κ3) is 5.39. The van der Waals surface area contributed by atoms with Crippen LogP contribution >= 0.6 is 0 Å². The molecule has 9 heteroatoms. The van der Waals surface area contributed by atoms with E-state index in [1.165, 1.54) is 29.6 Å². The maximum absolute atomic E-state index is 13.0. The topological polar surface area (TPSA) is 94.2 Å². The second kappa shape index (κ2) is 10.3. The minimum Gasteiger partial charge on any atom is -0.496 e. The number of rotatable bonds is 7. The Morgan fingerprint density at radius 3 is 2.38 bits per heavy atom. The molecule has 1 aliphatic heterocycles. The second-order valence-corrected chi connectivity index (χ2v) is 9.71. The van der Waals surface area contributed by atoms with Gasteiger partial charge in [0.05, 0.1) is 30.8 Å². The number of nitrogens with one attached hydrogen (secondary N) is 1. The van der Waals surface area contributed by atoms with E-state index >= 15 is 0 Å². The van der Waals surface area contributed by atoms with Crippen molar-refractivity contribution >= 4 is 21.6 Å². The highest BCUT2D eigenvalue weighted by atomic mass is 32.2. The van der Waals surface area contributed by atoms with Crippen LogP contribution in [0.5, 0.6) is 17.2 Å². The molecule has 8 nitrogen and oxygen atoms in total. The number of hydrogen-bond acceptors (Lipinski definition) is 6. The maximum Gasteiger partial charge on any atom is 0.259 e. The van der Waals surface area contributed by atoms with Crippen LogP contribution in [0.2, 0.25) is 0 Å². The van der Waals surface area contributed by atoms with Gasteiger partial charge in [-0.05, 0) is 67.1 Å². The Kier molecular flexibility index (Phi) is 7.16. The molecule has 0 saturated carbocycles. The van der Waals surface area contributed by atoms with Crippen LogP contribution < -0.4 is 14.8 Å². The zero-order valence-electron chi connectivity index (χ0n) is 19.0. The Morgan fingerprint density at radius 2 is 1.71 bits per heavy atom. The normalized spacial score (nSPS) is 14.4.